The molecule has 0 fully saturated rings. The number of hydrogen-bond donors (Lipinski definition) is 1. The minimum Gasteiger partial charge on any atom is -0.744 e. The third-order valence-electron chi connectivity index (χ3n) is 4.63. The normalized spacial score (nSPS) is 11.5. The van der Waals surface area contributed by atoms with E-state index in [2.05, 4.69) is 15.2 Å². The first-order chi connectivity index (χ1) is 14.3. The molecule has 4 rings (SSSR count). The van der Waals surface area contributed by atoms with E-state index in [1.54, 1.807) is 30.5 Å². The Kier molecular flexibility index (Phi) is 6.88. The van der Waals surface area contributed by atoms with Crippen molar-refractivity contribution in [2.45, 2.75) is 11.8 Å². The molecule has 0 atom stereocenters. The van der Waals surface area contributed by atoms with Gasteiger partial charge in [-0.25, -0.2) is 8.42 Å². The molecule has 0 saturated carbocycles. The summed E-state index contributed by atoms with van der Waals surface area (Å²) < 4.78 is 35.1. The molecule has 0 bridgehead atoms. The van der Waals surface area contributed by atoms with E-state index in [1.807, 2.05) is 37.3 Å². The number of pyridine rings is 1. The van der Waals surface area contributed by atoms with E-state index in [4.69, 9.17) is 5.73 Å². The molecule has 0 aliphatic rings. The van der Waals surface area contributed by atoms with Crippen LogP contribution in [0.5, 0.6) is 0 Å². The largest absolute Gasteiger partial charge is 1.00 e. The Morgan fingerprint density at radius 3 is 2.32 bits per heavy atom. The molecular weight excluding hydrogens is 423 g/mol. The number of hydrogen-bond acceptors (Lipinski definition) is 7. The van der Waals surface area contributed by atoms with E-state index in [0.717, 1.165) is 22.9 Å². The molecule has 150 valence electrons. The average molecular weight is 440 g/mol. The van der Waals surface area contributed by atoms with Crippen LogP contribution in [0.15, 0.2) is 88.1 Å². The van der Waals surface area contributed by atoms with Crippen molar-refractivity contribution in [2.75, 3.05) is 5.73 Å². The maximum absolute atomic E-state index is 11.7. The summed E-state index contributed by atoms with van der Waals surface area (Å²) in [6.07, 6.45) is 1.56. The Morgan fingerprint density at radius 2 is 1.68 bits per heavy atom. The van der Waals surface area contributed by atoms with E-state index < -0.39 is 10.1 Å². The van der Waals surface area contributed by atoms with Gasteiger partial charge >= 0.3 is 29.6 Å². The van der Waals surface area contributed by atoms with Crippen molar-refractivity contribution in [1.82, 2.24) is 4.98 Å². The zero-order valence-electron chi connectivity index (χ0n) is 17.0. The molecule has 0 unspecified atom stereocenters. The SMILES string of the molecule is Cc1cccc(-c2ccc(N=Nc3cc(S(=O)(=O)[O-])c4ccccc4c3N)cn2)c1.[Na+]. The molecule has 0 radical (unpaired) electrons. The fourth-order valence-corrected chi connectivity index (χ4v) is 3.88. The molecule has 0 aliphatic heterocycles. The predicted molar refractivity (Wildman–Crippen MR) is 115 cm³/mol. The van der Waals surface area contributed by atoms with Crippen LogP contribution >= 0.6 is 0 Å². The van der Waals surface area contributed by atoms with Gasteiger partial charge in [-0.2, -0.15) is 0 Å². The Hall–Kier alpha value is -2.62. The first-order valence-corrected chi connectivity index (χ1v) is 10.5. The number of aryl methyl sites for hydroxylation is 1. The van der Waals surface area contributed by atoms with Crippen LogP contribution in [0.4, 0.5) is 17.1 Å². The average Bonchev–Trinajstić information content (AvgIpc) is 2.73. The maximum Gasteiger partial charge on any atom is 1.00 e. The summed E-state index contributed by atoms with van der Waals surface area (Å²) >= 11 is 0. The van der Waals surface area contributed by atoms with Crippen molar-refractivity contribution < 1.29 is 42.5 Å². The number of nitrogens with two attached hydrogens (primary N) is 1. The Bertz CT molecular complexity index is 1390. The van der Waals surface area contributed by atoms with Gasteiger partial charge in [0.25, 0.3) is 0 Å². The minimum absolute atomic E-state index is 0. The van der Waals surface area contributed by atoms with Gasteiger partial charge in [0.15, 0.2) is 0 Å². The van der Waals surface area contributed by atoms with Crippen molar-refractivity contribution in [1.29, 1.82) is 0 Å². The topological polar surface area (TPSA) is 121 Å². The summed E-state index contributed by atoms with van der Waals surface area (Å²) in [5.41, 5.74) is 9.87. The minimum atomic E-state index is -4.71. The number of nitrogens with zero attached hydrogens (tertiary/aromatic N) is 3. The number of anilines is 1. The van der Waals surface area contributed by atoms with Crippen molar-refractivity contribution in [3.05, 3.63) is 78.5 Å². The summed E-state index contributed by atoms with van der Waals surface area (Å²) in [6, 6.07) is 19.2. The standard InChI is InChI=1S/C22H18N4O3S.Na/c1-14-5-4-6-15(11-14)19-10-9-16(13-24-19)25-26-20-12-21(30(27,28)29)17-7-2-3-8-18(17)22(20)23;/h2-13H,23H2,1H3,(H,27,28,29);/q;+1/p-1. The molecule has 3 aromatic carbocycles. The molecule has 0 amide bonds. The Morgan fingerprint density at radius 1 is 0.935 bits per heavy atom. The van der Waals surface area contributed by atoms with Crippen LogP contribution in [0.25, 0.3) is 22.0 Å². The van der Waals surface area contributed by atoms with Gasteiger partial charge in [-0.15, -0.1) is 10.2 Å². The zero-order valence-corrected chi connectivity index (χ0v) is 19.8. The molecule has 1 aromatic heterocycles. The number of benzene rings is 3. The predicted octanol–water partition coefficient (Wildman–Crippen LogP) is 2.12. The molecule has 0 spiro atoms. The summed E-state index contributed by atoms with van der Waals surface area (Å²) in [5.74, 6) is 0. The molecule has 31 heavy (non-hydrogen) atoms. The number of azo groups is 1. The smallest absolute Gasteiger partial charge is 0.744 e. The van der Waals surface area contributed by atoms with Crippen molar-refractivity contribution in [3.63, 3.8) is 0 Å². The van der Waals surface area contributed by atoms with Gasteiger partial charge in [-0.1, -0.05) is 48.0 Å². The molecule has 1 heterocycles. The van der Waals surface area contributed by atoms with Gasteiger partial charge in [0.05, 0.1) is 22.5 Å². The van der Waals surface area contributed by atoms with Crippen LogP contribution in [0, 0.1) is 6.92 Å². The van der Waals surface area contributed by atoms with E-state index in [1.165, 1.54) is 6.07 Å². The van der Waals surface area contributed by atoms with Gasteiger partial charge in [0, 0.05) is 16.3 Å². The molecule has 4 aromatic rings. The van der Waals surface area contributed by atoms with E-state index in [0.29, 0.717) is 11.1 Å². The number of rotatable bonds is 4. The quantitative estimate of drug-likeness (QED) is 0.226. The van der Waals surface area contributed by atoms with Gasteiger partial charge in [-0.05, 0) is 31.2 Å². The second-order valence-corrected chi connectivity index (χ2v) is 8.13. The number of fused-ring (bicyclic) bond motifs is 1. The van der Waals surface area contributed by atoms with Crippen molar-refractivity contribution in [2.24, 2.45) is 10.2 Å². The third-order valence-corrected chi connectivity index (χ3v) is 5.51. The molecule has 9 heteroatoms. The zero-order chi connectivity index (χ0) is 21.3. The van der Waals surface area contributed by atoms with Crippen molar-refractivity contribution >= 4 is 38.0 Å². The van der Waals surface area contributed by atoms with Crippen molar-refractivity contribution in [3.8, 4) is 11.3 Å². The number of aromatic nitrogens is 1. The molecule has 2 N–H and O–H groups in total. The van der Waals surface area contributed by atoms with Gasteiger partial charge in [-0.3, -0.25) is 4.98 Å². The van der Waals surface area contributed by atoms with Gasteiger partial charge < -0.3 is 10.3 Å². The van der Waals surface area contributed by atoms with Crippen LogP contribution in [0.2, 0.25) is 0 Å². The van der Waals surface area contributed by atoms with E-state index >= 15 is 0 Å². The third kappa shape index (κ3) is 5.00. The van der Waals surface area contributed by atoms with Gasteiger partial charge in [0.1, 0.15) is 21.5 Å². The first kappa shape index (κ1) is 23.1. The van der Waals surface area contributed by atoms with Gasteiger partial charge in [0.2, 0.25) is 0 Å². The van der Waals surface area contributed by atoms with Crippen LogP contribution in [-0.4, -0.2) is 18.0 Å². The maximum atomic E-state index is 11.7. The molecule has 0 saturated heterocycles. The summed E-state index contributed by atoms with van der Waals surface area (Å²) in [7, 11) is -4.71. The second-order valence-electron chi connectivity index (χ2n) is 6.78. The van der Waals surface area contributed by atoms with Crippen LogP contribution in [0.3, 0.4) is 0 Å². The summed E-state index contributed by atoms with van der Waals surface area (Å²) in [5, 5.41) is 8.86. The fraction of sp³-hybridized carbons (Fsp3) is 0.0455. The summed E-state index contributed by atoms with van der Waals surface area (Å²) in [4.78, 5) is 4.02. The Labute approximate surface area is 202 Å². The van der Waals surface area contributed by atoms with Crippen LogP contribution in [0.1, 0.15) is 5.56 Å². The van der Waals surface area contributed by atoms with E-state index in [-0.39, 0.29) is 51.2 Å². The molecule has 0 aliphatic carbocycles. The Balaban J connectivity index is 0.00000272. The fourth-order valence-electron chi connectivity index (χ4n) is 3.17. The number of nitrogen functional groups attached to an aromatic ring is 1. The van der Waals surface area contributed by atoms with Crippen LogP contribution < -0.4 is 35.3 Å². The monoisotopic (exact) mass is 440 g/mol. The molecular formula is C22H17N4NaO3S. The van der Waals surface area contributed by atoms with Crippen LogP contribution in [-0.2, 0) is 10.1 Å². The summed E-state index contributed by atoms with van der Waals surface area (Å²) in [6.45, 7) is 2.01. The van der Waals surface area contributed by atoms with E-state index in [9.17, 15) is 13.0 Å². The second kappa shape index (κ2) is 9.25. The molecule has 7 nitrogen and oxygen atoms in total. The first-order valence-electron chi connectivity index (χ1n) is 9.05.